The summed E-state index contributed by atoms with van der Waals surface area (Å²) in [6.07, 6.45) is 0.590. The first-order valence-electron chi connectivity index (χ1n) is 8.26. The van der Waals surface area contributed by atoms with Crippen LogP contribution in [0.1, 0.15) is 22.6 Å². The van der Waals surface area contributed by atoms with E-state index in [2.05, 4.69) is 31.6 Å². The SMILES string of the molecule is COc1ccc2c(c1)N(SI)CC1(O)Cc3cc(OC)c(OC)cc3C21. The minimum atomic E-state index is -0.862. The van der Waals surface area contributed by atoms with E-state index in [-0.39, 0.29) is 5.92 Å². The second-order valence-corrected chi connectivity index (χ2v) is 8.41. The van der Waals surface area contributed by atoms with Gasteiger partial charge in [0.1, 0.15) is 5.75 Å². The number of hydrogen-bond donors (Lipinski definition) is 1. The number of benzene rings is 2. The van der Waals surface area contributed by atoms with Crippen molar-refractivity contribution in [2.45, 2.75) is 17.9 Å². The minimum absolute atomic E-state index is 0.0991. The molecule has 1 aliphatic carbocycles. The van der Waals surface area contributed by atoms with E-state index in [9.17, 15) is 5.11 Å². The fourth-order valence-electron chi connectivity index (χ4n) is 4.19. The van der Waals surface area contributed by atoms with Gasteiger partial charge in [-0.25, -0.2) is 0 Å². The lowest BCUT2D eigenvalue weighted by Crippen LogP contribution is -2.48. The molecular weight excluding hydrogens is 465 g/mol. The van der Waals surface area contributed by atoms with E-state index in [0.717, 1.165) is 28.1 Å². The summed E-state index contributed by atoms with van der Waals surface area (Å²) in [7, 11) is 6.53. The fourth-order valence-corrected chi connectivity index (χ4v) is 5.75. The van der Waals surface area contributed by atoms with E-state index in [1.54, 1.807) is 30.4 Å². The van der Waals surface area contributed by atoms with Gasteiger partial charge in [-0.15, -0.1) is 0 Å². The van der Waals surface area contributed by atoms with Crippen molar-refractivity contribution in [1.29, 1.82) is 0 Å². The average molecular weight is 485 g/mol. The Balaban J connectivity index is 1.91. The van der Waals surface area contributed by atoms with Crippen molar-refractivity contribution in [1.82, 2.24) is 0 Å². The van der Waals surface area contributed by atoms with E-state index in [0.29, 0.717) is 24.5 Å². The molecule has 7 heteroatoms. The molecule has 2 aromatic carbocycles. The van der Waals surface area contributed by atoms with Crippen LogP contribution in [-0.4, -0.2) is 38.6 Å². The molecule has 1 N–H and O–H groups in total. The maximum Gasteiger partial charge on any atom is 0.161 e. The third kappa shape index (κ3) is 2.63. The van der Waals surface area contributed by atoms with Crippen LogP contribution in [0.3, 0.4) is 0 Å². The summed E-state index contributed by atoms with van der Waals surface area (Å²) < 4.78 is 18.5. The van der Waals surface area contributed by atoms with Crippen LogP contribution in [0.25, 0.3) is 0 Å². The van der Waals surface area contributed by atoms with Crippen molar-refractivity contribution in [3.8, 4) is 17.2 Å². The Morgan fingerprint density at radius 1 is 1.08 bits per heavy atom. The molecule has 2 atom stereocenters. The minimum Gasteiger partial charge on any atom is -0.497 e. The van der Waals surface area contributed by atoms with Gasteiger partial charge < -0.3 is 23.6 Å². The largest absolute Gasteiger partial charge is 0.497 e. The van der Waals surface area contributed by atoms with Gasteiger partial charge in [0.2, 0.25) is 0 Å². The molecule has 0 saturated carbocycles. The molecular formula is C19H20INO4S. The third-order valence-corrected chi connectivity index (χ3v) is 7.23. The van der Waals surface area contributed by atoms with Gasteiger partial charge >= 0.3 is 0 Å². The van der Waals surface area contributed by atoms with Crippen molar-refractivity contribution < 1.29 is 19.3 Å². The maximum atomic E-state index is 11.6. The van der Waals surface area contributed by atoms with Gasteiger partial charge in [-0.05, 0) is 34.9 Å². The Labute approximate surface area is 169 Å². The van der Waals surface area contributed by atoms with Crippen LogP contribution in [0.15, 0.2) is 30.3 Å². The van der Waals surface area contributed by atoms with Crippen molar-refractivity contribution in [2.75, 3.05) is 32.2 Å². The Bertz CT molecular complexity index is 862. The quantitative estimate of drug-likeness (QED) is 0.523. The summed E-state index contributed by atoms with van der Waals surface area (Å²) in [5.41, 5.74) is 3.54. The molecule has 26 heavy (non-hydrogen) atoms. The number of nitrogens with zero attached hydrogens (tertiary/aromatic N) is 1. The summed E-state index contributed by atoms with van der Waals surface area (Å²) in [6, 6.07) is 10.1. The number of aliphatic hydroxyl groups is 1. The Hall–Kier alpha value is -1.32. The zero-order chi connectivity index (χ0) is 18.5. The number of methoxy groups -OCH3 is 3. The Morgan fingerprint density at radius 2 is 1.81 bits per heavy atom. The van der Waals surface area contributed by atoms with E-state index < -0.39 is 5.60 Å². The van der Waals surface area contributed by atoms with Gasteiger partial charge in [-0.2, -0.15) is 0 Å². The predicted octanol–water partition coefficient (Wildman–Crippen LogP) is 3.95. The molecule has 2 unspecified atom stereocenters. The number of halogens is 1. The summed E-state index contributed by atoms with van der Waals surface area (Å²) in [5, 5.41) is 11.6. The highest BCUT2D eigenvalue weighted by molar-refractivity contribution is 14.2. The molecule has 5 nitrogen and oxygen atoms in total. The summed E-state index contributed by atoms with van der Waals surface area (Å²) in [4.78, 5) is 0. The lowest BCUT2D eigenvalue weighted by atomic mass is 9.78. The highest BCUT2D eigenvalue weighted by Gasteiger charge is 2.51. The molecule has 1 aliphatic heterocycles. The molecule has 0 bridgehead atoms. The van der Waals surface area contributed by atoms with Gasteiger partial charge in [0, 0.05) is 48.7 Å². The van der Waals surface area contributed by atoms with Crippen LogP contribution >= 0.6 is 30.3 Å². The second kappa shape index (κ2) is 6.69. The molecule has 0 radical (unpaired) electrons. The number of β-amino-alcohol motifs (C(OH)–C–C–N with tert-alkyl or cyclic N) is 1. The molecule has 1 heterocycles. The highest BCUT2D eigenvalue weighted by atomic mass is 127. The van der Waals surface area contributed by atoms with Crippen molar-refractivity contribution in [2.24, 2.45) is 0 Å². The molecule has 2 aromatic rings. The van der Waals surface area contributed by atoms with Crippen LogP contribution in [0.4, 0.5) is 5.69 Å². The summed E-state index contributed by atoms with van der Waals surface area (Å²) in [5.74, 6) is 2.10. The van der Waals surface area contributed by atoms with E-state index in [1.807, 2.05) is 24.3 Å². The van der Waals surface area contributed by atoms with E-state index >= 15 is 0 Å². The lowest BCUT2D eigenvalue weighted by molar-refractivity contribution is 0.0421. The second-order valence-electron chi connectivity index (χ2n) is 6.65. The predicted molar refractivity (Wildman–Crippen MR) is 112 cm³/mol. The molecule has 138 valence electrons. The molecule has 0 saturated heterocycles. The zero-order valence-corrected chi connectivity index (χ0v) is 17.8. The monoisotopic (exact) mass is 485 g/mol. The number of hydrogen-bond acceptors (Lipinski definition) is 6. The van der Waals surface area contributed by atoms with Crippen LogP contribution < -0.4 is 18.5 Å². The van der Waals surface area contributed by atoms with Gasteiger partial charge in [0.05, 0.1) is 39.2 Å². The van der Waals surface area contributed by atoms with Gasteiger partial charge in [-0.3, -0.25) is 0 Å². The first kappa shape index (κ1) is 18.1. The first-order valence-corrected chi connectivity index (χ1v) is 11.6. The average Bonchev–Trinajstić information content (AvgIpc) is 2.96. The smallest absolute Gasteiger partial charge is 0.161 e. The van der Waals surface area contributed by atoms with Gasteiger partial charge in [0.25, 0.3) is 0 Å². The molecule has 0 spiro atoms. The topological polar surface area (TPSA) is 51.2 Å². The summed E-state index contributed by atoms with van der Waals surface area (Å²) in [6.45, 7) is 0.546. The number of ether oxygens (including phenoxy) is 3. The first-order chi connectivity index (χ1) is 12.5. The van der Waals surface area contributed by atoms with Crippen LogP contribution in [0.5, 0.6) is 17.2 Å². The van der Waals surface area contributed by atoms with Gasteiger partial charge in [-0.1, -0.05) is 6.07 Å². The fraction of sp³-hybridized carbons (Fsp3) is 0.368. The molecule has 0 aromatic heterocycles. The van der Waals surface area contributed by atoms with E-state index in [1.165, 1.54) is 0 Å². The normalized spacial score (nSPS) is 23.1. The number of anilines is 1. The standard InChI is InChI=1S/C19H20INO4S/c1-23-12-4-5-13-15(7-12)21(26-20)10-19(22)9-11-6-16(24-2)17(25-3)8-14(11)18(13)19/h4-8,18,22H,9-10H2,1-3H3. The van der Waals surface area contributed by atoms with Crippen LogP contribution in [0, 0.1) is 0 Å². The third-order valence-electron chi connectivity index (χ3n) is 5.31. The maximum absolute atomic E-state index is 11.6. The molecule has 4 rings (SSSR count). The van der Waals surface area contributed by atoms with Crippen molar-refractivity contribution in [3.63, 3.8) is 0 Å². The Kier molecular flexibility index (Phi) is 4.65. The van der Waals surface area contributed by atoms with E-state index in [4.69, 9.17) is 14.2 Å². The molecule has 0 amide bonds. The van der Waals surface area contributed by atoms with Crippen LogP contribution in [0.2, 0.25) is 0 Å². The van der Waals surface area contributed by atoms with Crippen molar-refractivity contribution in [3.05, 3.63) is 47.0 Å². The lowest BCUT2D eigenvalue weighted by Gasteiger charge is -2.42. The van der Waals surface area contributed by atoms with Crippen LogP contribution in [-0.2, 0) is 6.42 Å². The summed E-state index contributed by atoms with van der Waals surface area (Å²) >= 11 is 2.26. The van der Waals surface area contributed by atoms with Gasteiger partial charge in [0.15, 0.2) is 11.5 Å². The highest BCUT2D eigenvalue weighted by Crippen LogP contribution is 2.55. The number of rotatable bonds is 4. The van der Waals surface area contributed by atoms with Crippen molar-refractivity contribution >= 4 is 36.0 Å². The Morgan fingerprint density at radius 3 is 2.46 bits per heavy atom. The zero-order valence-electron chi connectivity index (χ0n) is 14.8. The molecule has 0 fully saturated rings. The number of fused-ring (bicyclic) bond motifs is 5. The molecule has 2 aliphatic rings.